The molecule has 0 N–H and O–H groups in total. The van der Waals surface area contributed by atoms with Gasteiger partial charge in [0.1, 0.15) is 5.82 Å². The molecule has 0 bridgehead atoms. The van der Waals surface area contributed by atoms with Gasteiger partial charge in [0.2, 0.25) is 0 Å². The van der Waals surface area contributed by atoms with E-state index >= 15 is 0 Å². The first-order valence-electron chi connectivity index (χ1n) is 5.91. The molecule has 4 heteroatoms. The van der Waals surface area contributed by atoms with E-state index in [0.717, 1.165) is 16.3 Å². The van der Waals surface area contributed by atoms with Gasteiger partial charge in [-0.3, -0.25) is 4.79 Å². The normalized spacial score (nSPS) is 10.5. The number of carbonyl (C=O) groups excluding carboxylic acids is 1. The fourth-order valence-electron chi connectivity index (χ4n) is 1.74. The van der Waals surface area contributed by atoms with Gasteiger partial charge in [-0.25, -0.2) is 9.37 Å². The summed E-state index contributed by atoms with van der Waals surface area (Å²) in [4.78, 5) is 16.3. The number of halogens is 1. The van der Waals surface area contributed by atoms with Crippen LogP contribution in [0.4, 0.5) is 4.39 Å². The van der Waals surface area contributed by atoms with Crippen LogP contribution >= 0.6 is 11.8 Å². The molecule has 0 atom stereocenters. The first-order valence-corrected chi connectivity index (χ1v) is 6.90. The van der Waals surface area contributed by atoms with Crippen LogP contribution in [0.1, 0.15) is 21.6 Å². The maximum atomic E-state index is 12.8. The fourth-order valence-corrected chi connectivity index (χ4v) is 2.66. The minimum atomic E-state index is -0.333. The molecule has 0 aliphatic heterocycles. The average Bonchev–Trinajstić information content (AvgIpc) is 2.36. The van der Waals surface area contributed by atoms with Crippen molar-refractivity contribution in [3.8, 4) is 0 Å². The third-order valence-electron chi connectivity index (χ3n) is 2.59. The third kappa shape index (κ3) is 3.89. The Morgan fingerprint density at radius 3 is 2.53 bits per heavy atom. The van der Waals surface area contributed by atoms with E-state index in [-0.39, 0.29) is 11.6 Å². The molecule has 2 rings (SSSR count). The molecule has 0 spiro atoms. The second-order valence-electron chi connectivity index (χ2n) is 4.34. The molecule has 0 radical (unpaired) electrons. The lowest BCUT2D eigenvalue weighted by Gasteiger charge is -2.04. The summed E-state index contributed by atoms with van der Waals surface area (Å²) < 4.78 is 12.8. The van der Waals surface area contributed by atoms with E-state index in [0.29, 0.717) is 11.3 Å². The Hall–Kier alpha value is -1.68. The molecule has 0 aliphatic carbocycles. The minimum absolute atomic E-state index is 0.0223. The van der Waals surface area contributed by atoms with E-state index in [9.17, 15) is 9.18 Å². The van der Waals surface area contributed by atoms with E-state index < -0.39 is 0 Å². The minimum Gasteiger partial charge on any atom is -0.293 e. The summed E-state index contributed by atoms with van der Waals surface area (Å²) in [7, 11) is 0. The van der Waals surface area contributed by atoms with Crippen LogP contribution in [-0.4, -0.2) is 16.5 Å². The number of hydrogen-bond acceptors (Lipinski definition) is 3. The highest BCUT2D eigenvalue weighted by Gasteiger charge is 2.08. The molecule has 1 aromatic carbocycles. The molecule has 19 heavy (non-hydrogen) atoms. The molecule has 0 unspecified atom stereocenters. The summed E-state index contributed by atoms with van der Waals surface area (Å²) in [5.41, 5.74) is 2.60. The summed E-state index contributed by atoms with van der Waals surface area (Å²) >= 11 is 1.40. The zero-order valence-electron chi connectivity index (χ0n) is 10.8. The standard InChI is InChI=1S/C15H14FNOS/c1-10-7-11(2)17-15(8-10)19-9-14(18)12-3-5-13(16)6-4-12/h3-8H,9H2,1-2H3. The molecule has 1 aromatic heterocycles. The first-order chi connectivity index (χ1) is 9.04. The molecule has 0 fully saturated rings. The molecule has 1 heterocycles. The van der Waals surface area contributed by atoms with Crippen molar-refractivity contribution in [3.63, 3.8) is 0 Å². The predicted octanol–water partition coefficient (Wildman–Crippen LogP) is 3.81. The maximum Gasteiger partial charge on any atom is 0.173 e. The highest BCUT2D eigenvalue weighted by molar-refractivity contribution is 7.99. The van der Waals surface area contributed by atoms with Crippen LogP contribution in [0.25, 0.3) is 0 Å². The van der Waals surface area contributed by atoms with Gasteiger partial charge in [-0.15, -0.1) is 0 Å². The van der Waals surface area contributed by atoms with Crippen molar-refractivity contribution in [3.05, 3.63) is 59.0 Å². The zero-order chi connectivity index (χ0) is 13.8. The lowest BCUT2D eigenvalue weighted by molar-refractivity contribution is 0.102. The molecular formula is C15H14FNOS. The van der Waals surface area contributed by atoms with Gasteiger partial charge in [0.25, 0.3) is 0 Å². The highest BCUT2D eigenvalue weighted by atomic mass is 32.2. The fraction of sp³-hybridized carbons (Fsp3) is 0.200. The van der Waals surface area contributed by atoms with Crippen molar-refractivity contribution in [2.24, 2.45) is 0 Å². The van der Waals surface area contributed by atoms with Crippen LogP contribution in [0.3, 0.4) is 0 Å². The lowest BCUT2D eigenvalue weighted by atomic mass is 10.1. The number of hydrogen-bond donors (Lipinski definition) is 0. The molecule has 0 aliphatic rings. The van der Waals surface area contributed by atoms with Crippen molar-refractivity contribution in [1.82, 2.24) is 4.98 Å². The zero-order valence-corrected chi connectivity index (χ0v) is 11.6. The number of aryl methyl sites for hydroxylation is 2. The van der Waals surface area contributed by atoms with Crippen LogP contribution in [-0.2, 0) is 0 Å². The highest BCUT2D eigenvalue weighted by Crippen LogP contribution is 2.19. The Labute approximate surface area is 116 Å². The quantitative estimate of drug-likeness (QED) is 0.627. The first kappa shape index (κ1) is 13.7. The number of aromatic nitrogens is 1. The topological polar surface area (TPSA) is 30.0 Å². The number of rotatable bonds is 4. The predicted molar refractivity (Wildman–Crippen MR) is 75.2 cm³/mol. The largest absolute Gasteiger partial charge is 0.293 e. The third-order valence-corrected chi connectivity index (χ3v) is 3.50. The molecule has 2 aromatic rings. The summed E-state index contributed by atoms with van der Waals surface area (Å²) in [5, 5.41) is 0.841. The number of pyridine rings is 1. The van der Waals surface area contributed by atoms with Gasteiger partial charge in [0.15, 0.2) is 5.78 Å². The summed E-state index contributed by atoms with van der Waals surface area (Å²) in [6.45, 7) is 3.93. The number of nitrogens with zero attached hydrogens (tertiary/aromatic N) is 1. The smallest absolute Gasteiger partial charge is 0.173 e. The summed E-state index contributed by atoms with van der Waals surface area (Å²) in [5.74, 6) is -0.0484. The Bertz CT molecular complexity index is 575. The van der Waals surface area contributed by atoms with Gasteiger partial charge < -0.3 is 0 Å². The monoisotopic (exact) mass is 275 g/mol. The van der Waals surface area contributed by atoms with E-state index in [1.165, 1.54) is 36.0 Å². The number of thioether (sulfide) groups is 1. The molecule has 0 saturated heterocycles. The van der Waals surface area contributed by atoms with Gasteiger partial charge in [-0.05, 0) is 55.8 Å². The number of carbonyl (C=O) groups is 1. The van der Waals surface area contributed by atoms with E-state index in [4.69, 9.17) is 0 Å². The van der Waals surface area contributed by atoms with Crippen LogP contribution in [0.2, 0.25) is 0 Å². The van der Waals surface area contributed by atoms with Crippen LogP contribution in [0.5, 0.6) is 0 Å². The molecule has 0 amide bonds. The van der Waals surface area contributed by atoms with Crippen molar-refractivity contribution in [2.45, 2.75) is 18.9 Å². The van der Waals surface area contributed by atoms with Crippen molar-refractivity contribution in [2.75, 3.05) is 5.75 Å². The Balaban J connectivity index is 2.02. The second-order valence-corrected chi connectivity index (χ2v) is 5.34. The summed E-state index contributed by atoms with van der Waals surface area (Å²) in [6, 6.07) is 9.56. The van der Waals surface area contributed by atoms with E-state index in [2.05, 4.69) is 4.98 Å². The Kier molecular flexibility index (Phi) is 4.32. The van der Waals surface area contributed by atoms with Crippen molar-refractivity contribution < 1.29 is 9.18 Å². The van der Waals surface area contributed by atoms with Gasteiger partial charge in [-0.1, -0.05) is 11.8 Å². The molecule has 2 nitrogen and oxygen atoms in total. The van der Waals surface area contributed by atoms with Crippen molar-refractivity contribution >= 4 is 17.5 Å². The Morgan fingerprint density at radius 1 is 1.21 bits per heavy atom. The average molecular weight is 275 g/mol. The SMILES string of the molecule is Cc1cc(C)nc(SCC(=O)c2ccc(F)cc2)c1. The molecular weight excluding hydrogens is 261 g/mol. The number of Topliss-reactive ketones (excluding diaryl/α,β-unsaturated/α-hetero) is 1. The van der Waals surface area contributed by atoms with Gasteiger partial charge >= 0.3 is 0 Å². The van der Waals surface area contributed by atoms with Crippen LogP contribution in [0.15, 0.2) is 41.4 Å². The Morgan fingerprint density at radius 2 is 1.89 bits per heavy atom. The molecule has 0 saturated carbocycles. The van der Waals surface area contributed by atoms with Gasteiger partial charge in [0, 0.05) is 11.3 Å². The van der Waals surface area contributed by atoms with Gasteiger partial charge in [0.05, 0.1) is 10.8 Å². The number of benzene rings is 1. The van der Waals surface area contributed by atoms with E-state index in [1.807, 2.05) is 26.0 Å². The maximum absolute atomic E-state index is 12.8. The molecule has 98 valence electrons. The van der Waals surface area contributed by atoms with Crippen molar-refractivity contribution in [1.29, 1.82) is 0 Å². The number of ketones is 1. The van der Waals surface area contributed by atoms with E-state index in [1.54, 1.807) is 0 Å². The van der Waals surface area contributed by atoms with Crippen LogP contribution in [0, 0.1) is 19.7 Å². The summed E-state index contributed by atoms with van der Waals surface area (Å²) in [6.07, 6.45) is 0. The van der Waals surface area contributed by atoms with Crippen LogP contribution < -0.4 is 0 Å². The second kappa shape index (κ2) is 5.97. The van der Waals surface area contributed by atoms with Gasteiger partial charge in [-0.2, -0.15) is 0 Å². The lowest BCUT2D eigenvalue weighted by Crippen LogP contribution is -2.02.